The fourth-order valence-corrected chi connectivity index (χ4v) is 3.83. The van der Waals surface area contributed by atoms with E-state index in [1.165, 1.54) is 25.1 Å². The molecule has 0 saturated heterocycles. The first-order chi connectivity index (χ1) is 16.5. The maximum absolute atomic E-state index is 12.2. The van der Waals surface area contributed by atoms with Gasteiger partial charge in [-0.3, -0.25) is 4.79 Å². The summed E-state index contributed by atoms with van der Waals surface area (Å²) in [5.41, 5.74) is 4.47. The van der Waals surface area contributed by atoms with Gasteiger partial charge >= 0.3 is 5.97 Å². The number of carbonyl (C=O) groups excluding carboxylic acids is 2. The summed E-state index contributed by atoms with van der Waals surface area (Å²) in [6.07, 6.45) is 1.49. The number of benzene rings is 2. The van der Waals surface area contributed by atoms with Crippen molar-refractivity contribution in [3.05, 3.63) is 53.6 Å². The van der Waals surface area contributed by atoms with Crippen LogP contribution in [-0.4, -0.2) is 59.9 Å². The highest BCUT2D eigenvalue weighted by molar-refractivity contribution is 7.99. The lowest BCUT2D eigenvalue weighted by molar-refractivity contribution is -0.118. The summed E-state index contributed by atoms with van der Waals surface area (Å²) in [5, 5.41) is 13.1. The van der Waals surface area contributed by atoms with Gasteiger partial charge in [0.2, 0.25) is 0 Å². The zero-order valence-corrected chi connectivity index (χ0v) is 20.1. The fraction of sp³-hybridized carbons (Fsp3) is 0.261. The summed E-state index contributed by atoms with van der Waals surface area (Å²) in [7, 11) is 4.48. The van der Waals surface area contributed by atoms with Crippen LogP contribution in [0.5, 0.6) is 11.5 Å². The average molecular weight is 484 g/mol. The van der Waals surface area contributed by atoms with Crippen LogP contribution in [0.25, 0.3) is 11.4 Å². The van der Waals surface area contributed by atoms with Crippen molar-refractivity contribution in [2.24, 2.45) is 5.10 Å². The molecule has 3 aromatic rings. The molecule has 10 nitrogen and oxygen atoms in total. The number of aromatic nitrogens is 3. The zero-order chi connectivity index (χ0) is 24.5. The van der Waals surface area contributed by atoms with Crippen LogP contribution in [0, 0.1) is 0 Å². The van der Waals surface area contributed by atoms with Gasteiger partial charge in [0.25, 0.3) is 5.91 Å². The number of hydrogen-bond donors (Lipinski definition) is 1. The van der Waals surface area contributed by atoms with Crippen molar-refractivity contribution in [1.29, 1.82) is 0 Å². The number of thioether (sulfide) groups is 1. The van der Waals surface area contributed by atoms with Crippen molar-refractivity contribution in [3.63, 3.8) is 0 Å². The first-order valence-electron chi connectivity index (χ1n) is 10.3. The Morgan fingerprint density at radius 2 is 1.79 bits per heavy atom. The van der Waals surface area contributed by atoms with Crippen LogP contribution in [0.1, 0.15) is 22.8 Å². The van der Waals surface area contributed by atoms with Gasteiger partial charge in [0.1, 0.15) is 0 Å². The van der Waals surface area contributed by atoms with E-state index in [4.69, 9.17) is 9.47 Å². The average Bonchev–Trinajstić information content (AvgIpc) is 3.29. The van der Waals surface area contributed by atoms with Gasteiger partial charge in [0, 0.05) is 12.1 Å². The molecule has 0 aliphatic carbocycles. The van der Waals surface area contributed by atoms with Crippen LogP contribution in [0.3, 0.4) is 0 Å². The van der Waals surface area contributed by atoms with Gasteiger partial charge in [-0.15, -0.1) is 10.2 Å². The van der Waals surface area contributed by atoms with Crippen LogP contribution in [0.15, 0.2) is 52.7 Å². The van der Waals surface area contributed by atoms with Crippen molar-refractivity contribution < 1.29 is 23.8 Å². The summed E-state index contributed by atoms with van der Waals surface area (Å²) in [5.74, 6) is 1.30. The molecule has 0 fully saturated rings. The van der Waals surface area contributed by atoms with Crippen LogP contribution in [0.4, 0.5) is 0 Å². The van der Waals surface area contributed by atoms with E-state index in [1.54, 1.807) is 38.5 Å². The van der Waals surface area contributed by atoms with Gasteiger partial charge in [0.05, 0.1) is 38.9 Å². The van der Waals surface area contributed by atoms with Crippen LogP contribution >= 0.6 is 11.8 Å². The number of ether oxygens (including phenoxy) is 3. The van der Waals surface area contributed by atoms with E-state index in [0.717, 1.165) is 11.1 Å². The van der Waals surface area contributed by atoms with E-state index in [2.05, 4.69) is 25.5 Å². The number of nitrogens with zero attached hydrogens (tertiary/aromatic N) is 4. The zero-order valence-electron chi connectivity index (χ0n) is 19.3. The minimum atomic E-state index is -0.414. The third-order valence-electron chi connectivity index (χ3n) is 4.74. The second-order valence-corrected chi connectivity index (χ2v) is 7.76. The SMILES string of the molecule is CCn1c(SCC(=O)N/N=C\c2ccc(C(=O)OC)cc2)nnc1-c1ccc(OC)c(OC)c1. The van der Waals surface area contributed by atoms with E-state index in [9.17, 15) is 9.59 Å². The summed E-state index contributed by atoms with van der Waals surface area (Å²) in [6, 6.07) is 12.2. The van der Waals surface area contributed by atoms with Crippen molar-refractivity contribution >= 4 is 29.9 Å². The number of nitrogens with one attached hydrogen (secondary N) is 1. The quantitative estimate of drug-likeness (QED) is 0.202. The lowest BCUT2D eigenvalue weighted by atomic mass is 10.1. The van der Waals surface area contributed by atoms with Crippen LogP contribution in [0.2, 0.25) is 0 Å². The van der Waals surface area contributed by atoms with Gasteiger partial charge in [-0.2, -0.15) is 5.10 Å². The molecule has 0 atom stereocenters. The predicted octanol–water partition coefficient (Wildman–Crippen LogP) is 3.01. The fourth-order valence-electron chi connectivity index (χ4n) is 3.03. The van der Waals surface area contributed by atoms with E-state index in [-0.39, 0.29) is 11.7 Å². The number of methoxy groups -OCH3 is 3. The van der Waals surface area contributed by atoms with Gasteiger partial charge in [-0.05, 0) is 42.8 Å². The van der Waals surface area contributed by atoms with Gasteiger partial charge < -0.3 is 18.8 Å². The Bertz CT molecular complexity index is 1180. The molecule has 1 aromatic heterocycles. The summed E-state index contributed by atoms with van der Waals surface area (Å²) >= 11 is 1.26. The molecule has 0 bridgehead atoms. The molecule has 1 heterocycles. The van der Waals surface area contributed by atoms with E-state index in [0.29, 0.717) is 34.6 Å². The van der Waals surface area contributed by atoms with E-state index < -0.39 is 5.97 Å². The Kier molecular flexibility index (Phi) is 8.63. The number of hydrazone groups is 1. The number of carbonyl (C=O) groups is 2. The molecular weight excluding hydrogens is 458 g/mol. The molecule has 0 aliphatic heterocycles. The largest absolute Gasteiger partial charge is 0.493 e. The first-order valence-corrected chi connectivity index (χ1v) is 11.3. The standard InChI is InChI=1S/C23H25N5O5S/c1-5-28-21(17-10-11-18(31-2)19(12-17)32-3)26-27-23(28)34-14-20(29)25-24-13-15-6-8-16(9-7-15)22(30)33-4/h6-13H,5,14H2,1-4H3,(H,25,29)/b24-13-. The van der Waals surface area contributed by atoms with Crippen LogP contribution < -0.4 is 14.9 Å². The van der Waals surface area contributed by atoms with Gasteiger partial charge in [0.15, 0.2) is 22.5 Å². The molecule has 11 heteroatoms. The monoisotopic (exact) mass is 483 g/mol. The smallest absolute Gasteiger partial charge is 0.337 e. The number of rotatable bonds is 10. The lowest BCUT2D eigenvalue weighted by Crippen LogP contribution is -2.20. The number of amides is 1. The minimum Gasteiger partial charge on any atom is -0.493 e. The Labute approximate surface area is 201 Å². The normalized spacial score (nSPS) is 10.8. The predicted molar refractivity (Wildman–Crippen MR) is 128 cm³/mol. The molecule has 0 radical (unpaired) electrons. The molecule has 0 saturated carbocycles. The Hall–Kier alpha value is -3.86. The van der Waals surface area contributed by atoms with E-state index >= 15 is 0 Å². The van der Waals surface area contributed by atoms with Crippen molar-refractivity contribution in [2.75, 3.05) is 27.1 Å². The molecule has 0 aliphatic rings. The Morgan fingerprint density at radius 1 is 1.06 bits per heavy atom. The molecule has 178 valence electrons. The van der Waals surface area contributed by atoms with Crippen LogP contribution in [-0.2, 0) is 16.1 Å². The lowest BCUT2D eigenvalue weighted by Gasteiger charge is -2.10. The first kappa shape index (κ1) is 24.8. The topological polar surface area (TPSA) is 117 Å². The maximum Gasteiger partial charge on any atom is 0.337 e. The minimum absolute atomic E-state index is 0.114. The highest BCUT2D eigenvalue weighted by atomic mass is 32.2. The number of hydrogen-bond acceptors (Lipinski definition) is 9. The Morgan fingerprint density at radius 3 is 2.44 bits per heavy atom. The molecular formula is C23H25N5O5S. The molecule has 34 heavy (non-hydrogen) atoms. The third kappa shape index (κ3) is 5.93. The van der Waals surface area contributed by atoms with Crippen molar-refractivity contribution in [2.45, 2.75) is 18.6 Å². The maximum atomic E-state index is 12.2. The molecule has 3 rings (SSSR count). The second kappa shape index (κ2) is 11.8. The van der Waals surface area contributed by atoms with Crippen molar-refractivity contribution in [1.82, 2.24) is 20.2 Å². The summed E-state index contributed by atoms with van der Waals surface area (Å²) < 4.78 is 17.2. The summed E-state index contributed by atoms with van der Waals surface area (Å²) in [4.78, 5) is 23.7. The third-order valence-corrected chi connectivity index (χ3v) is 5.71. The highest BCUT2D eigenvalue weighted by Crippen LogP contribution is 2.32. The Balaban J connectivity index is 1.60. The van der Waals surface area contributed by atoms with E-state index in [1.807, 2.05) is 29.7 Å². The highest BCUT2D eigenvalue weighted by Gasteiger charge is 2.16. The van der Waals surface area contributed by atoms with Gasteiger partial charge in [-0.25, -0.2) is 10.2 Å². The van der Waals surface area contributed by atoms with Gasteiger partial charge in [-0.1, -0.05) is 23.9 Å². The molecule has 1 N–H and O–H groups in total. The second-order valence-electron chi connectivity index (χ2n) is 6.82. The number of esters is 1. The molecule has 0 unspecified atom stereocenters. The van der Waals surface area contributed by atoms with Crippen molar-refractivity contribution in [3.8, 4) is 22.9 Å². The summed E-state index contributed by atoms with van der Waals surface area (Å²) in [6.45, 7) is 2.61. The molecule has 0 spiro atoms. The molecule has 1 amide bonds. The molecule has 2 aromatic carbocycles.